The molecule has 3 aromatic rings. The van der Waals surface area contributed by atoms with E-state index in [2.05, 4.69) is 58.3 Å². The number of benzene rings is 3. The van der Waals surface area contributed by atoms with Crippen molar-refractivity contribution < 1.29 is 23.7 Å². The normalized spacial score (nSPS) is 19.3. The van der Waals surface area contributed by atoms with Gasteiger partial charge in [-0.25, -0.2) is 0 Å². The zero-order chi connectivity index (χ0) is 28.6. The van der Waals surface area contributed by atoms with Gasteiger partial charge in [0.15, 0.2) is 11.5 Å². The van der Waals surface area contributed by atoms with E-state index in [1.54, 1.807) is 14.2 Å². The SMILES string of the molecule is COC(=O)CC[C@H]1CN(Cc2ccc(OCc3ccccc3)cc2)CC[C@H]1N1CCc2cc(OC)c(OC)cc2C1. The predicted octanol–water partition coefficient (Wildman–Crippen LogP) is 5.48. The summed E-state index contributed by atoms with van der Waals surface area (Å²) >= 11 is 0. The van der Waals surface area contributed by atoms with Crippen molar-refractivity contribution >= 4 is 5.97 Å². The highest BCUT2D eigenvalue weighted by Crippen LogP contribution is 2.36. The number of carbonyl (C=O) groups is 1. The van der Waals surface area contributed by atoms with Gasteiger partial charge in [-0.05, 0) is 78.2 Å². The van der Waals surface area contributed by atoms with Crippen molar-refractivity contribution in [3.63, 3.8) is 0 Å². The zero-order valence-corrected chi connectivity index (χ0v) is 24.5. The molecule has 218 valence electrons. The third kappa shape index (κ3) is 7.40. The number of esters is 1. The number of likely N-dealkylation sites (tertiary alicyclic amines) is 1. The number of carbonyl (C=O) groups excluding carboxylic acids is 1. The lowest BCUT2D eigenvalue weighted by atomic mass is 9.85. The molecule has 2 aliphatic heterocycles. The number of ether oxygens (including phenoxy) is 4. The van der Waals surface area contributed by atoms with Crippen LogP contribution < -0.4 is 14.2 Å². The highest BCUT2D eigenvalue weighted by atomic mass is 16.5. The van der Waals surface area contributed by atoms with Crippen LogP contribution >= 0.6 is 0 Å². The van der Waals surface area contributed by atoms with Gasteiger partial charge in [0.05, 0.1) is 21.3 Å². The van der Waals surface area contributed by atoms with Crippen LogP contribution in [0.1, 0.15) is 41.5 Å². The third-order valence-corrected chi connectivity index (χ3v) is 8.52. The van der Waals surface area contributed by atoms with Crippen LogP contribution in [0.2, 0.25) is 0 Å². The van der Waals surface area contributed by atoms with Crippen molar-refractivity contribution in [3.8, 4) is 17.2 Å². The Morgan fingerprint density at radius 3 is 2.32 bits per heavy atom. The Morgan fingerprint density at radius 2 is 1.61 bits per heavy atom. The molecule has 2 aliphatic rings. The van der Waals surface area contributed by atoms with E-state index >= 15 is 0 Å². The first-order chi connectivity index (χ1) is 20.1. The monoisotopic (exact) mass is 558 g/mol. The molecule has 5 rings (SSSR count). The molecule has 1 fully saturated rings. The first-order valence-corrected chi connectivity index (χ1v) is 14.6. The van der Waals surface area contributed by atoms with Crippen molar-refractivity contribution in [1.29, 1.82) is 0 Å². The van der Waals surface area contributed by atoms with Gasteiger partial charge in [0, 0.05) is 38.6 Å². The number of hydrogen-bond donors (Lipinski definition) is 0. The summed E-state index contributed by atoms with van der Waals surface area (Å²) in [4.78, 5) is 17.2. The fraction of sp³-hybridized carbons (Fsp3) is 0.441. The Kier molecular flexibility index (Phi) is 9.80. The van der Waals surface area contributed by atoms with Gasteiger partial charge in [-0.15, -0.1) is 0 Å². The molecule has 0 aliphatic carbocycles. The minimum atomic E-state index is -0.132. The maximum atomic E-state index is 12.1. The summed E-state index contributed by atoms with van der Waals surface area (Å²) in [5.41, 5.74) is 5.07. The fourth-order valence-electron chi connectivity index (χ4n) is 6.29. The number of rotatable bonds is 11. The van der Waals surface area contributed by atoms with Crippen molar-refractivity contribution in [3.05, 3.63) is 89.0 Å². The maximum absolute atomic E-state index is 12.1. The molecule has 7 heteroatoms. The lowest BCUT2D eigenvalue weighted by Gasteiger charge is -2.45. The Morgan fingerprint density at radius 1 is 0.878 bits per heavy atom. The maximum Gasteiger partial charge on any atom is 0.305 e. The van der Waals surface area contributed by atoms with Crippen LogP contribution in [0, 0.1) is 5.92 Å². The summed E-state index contributed by atoms with van der Waals surface area (Å²) in [6, 6.07) is 23.4. The summed E-state index contributed by atoms with van der Waals surface area (Å²) in [5.74, 6) is 2.71. The van der Waals surface area contributed by atoms with Crippen molar-refractivity contribution in [2.24, 2.45) is 5.92 Å². The second-order valence-electron chi connectivity index (χ2n) is 11.1. The molecule has 1 saturated heterocycles. The van der Waals surface area contributed by atoms with Crippen molar-refractivity contribution in [2.75, 3.05) is 41.0 Å². The van der Waals surface area contributed by atoms with Gasteiger partial charge < -0.3 is 18.9 Å². The van der Waals surface area contributed by atoms with E-state index in [1.807, 2.05) is 18.2 Å². The Hall–Kier alpha value is -3.55. The van der Waals surface area contributed by atoms with E-state index in [1.165, 1.54) is 23.8 Å². The average Bonchev–Trinajstić information content (AvgIpc) is 3.02. The largest absolute Gasteiger partial charge is 0.493 e. The molecule has 0 unspecified atom stereocenters. The van der Waals surface area contributed by atoms with Crippen LogP contribution in [0.4, 0.5) is 0 Å². The predicted molar refractivity (Wildman–Crippen MR) is 159 cm³/mol. The highest BCUT2D eigenvalue weighted by Gasteiger charge is 2.35. The van der Waals surface area contributed by atoms with Gasteiger partial charge in [-0.1, -0.05) is 42.5 Å². The standard InChI is InChI=1S/C34H42N2O5/c1-38-32-19-27-15-18-36(23-29(27)20-33(32)39-2)31-16-17-35(22-28(31)11-14-34(37)40-3)21-25-9-12-30(13-10-25)41-24-26-7-5-4-6-8-26/h4-10,12-13,19-20,28,31H,11,14-18,21-24H2,1-3H3/t28-,31+/m0/s1. The molecule has 0 bridgehead atoms. The number of piperidine rings is 1. The van der Waals surface area contributed by atoms with Crippen molar-refractivity contribution in [1.82, 2.24) is 9.80 Å². The lowest BCUT2D eigenvalue weighted by Crippen LogP contribution is -2.52. The Balaban J connectivity index is 1.22. The van der Waals surface area contributed by atoms with E-state index in [9.17, 15) is 4.79 Å². The van der Waals surface area contributed by atoms with Gasteiger partial charge in [-0.2, -0.15) is 0 Å². The van der Waals surface area contributed by atoms with Gasteiger partial charge in [0.2, 0.25) is 0 Å². The molecule has 2 atom stereocenters. The number of nitrogens with zero attached hydrogens (tertiary/aromatic N) is 2. The molecule has 3 aromatic carbocycles. The van der Waals surface area contributed by atoms with Crippen LogP contribution in [0.5, 0.6) is 17.2 Å². The second-order valence-corrected chi connectivity index (χ2v) is 11.1. The summed E-state index contributed by atoms with van der Waals surface area (Å²) in [6.45, 7) is 5.34. The van der Waals surface area contributed by atoms with Gasteiger partial charge in [0.1, 0.15) is 12.4 Å². The average molecular weight is 559 g/mol. The minimum Gasteiger partial charge on any atom is -0.493 e. The van der Waals surface area contributed by atoms with Gasteiger partial charge in [-0.3, -0.25) is 14.6 Å². The van der Waals surface area contributed by atoms with Crippen LogP contribution in [0.25, 0.3) is 0 Å². The first kappa shape index (κ1) is 29.0. The van der Waals surface area contributed by atoms with E-state index in [0.717, 1.165) is 74.8 Å². The molecule has 0 N–H and O–H groups in total. The molecular formula is C34H42N2O5. The lowest BCUT2D eigenvalue weighted by molar-refractivity contribution is -0.141. The smallest absolute Gasteiger partial charge is 0.305 e. The van der Waals surface area contributed by atoms with Crippen LogP contribution in [0.15, 0.2) is 66.7 Å². The van der Waals surface area contributed by atoms with E-state index < -0.39 is 0 Å². The summed E-state index contributed by atoms with van der Waals surface area (Å²) < 4.78 is 22.1. The van der Waals surface area contributed by atoms with Crippen LogP contribution in [-0.2, 0) is 35.6 Å². The summed E-state index contributed by atoms with van der Waals surface area (Å²) in [6.07, 6.45) is 3.34. The molecule has 0 spiro atoms. The Labute approximate surface area is 244 Å². The van der Waals surface area contributed by atoms with Crippen molar-refractivity contribution in [2.45, 2.75) is 51.4 Å². The van der Waals surface area contributed by atoms with Gasteiger partial charge in [0.25, 0.3) is 0 Å². The van der Waals surface area contributed by atoms with E-state index in [0.29, 0.717) is 25.0 Å². The molecule has 0 amide bonds. The molecule has 0 aromatic heterocycles. The molecule has 2 heterocycles. The van der Waals surface area contributed by atoms with Crippen LogP contribution in [-0.4, -0.2) is 62.8 Å². The quantitative estimate of drug-likeness (QED) is 0.289. The third-order valence-electron chi connectivity index (χ3n) is 8.52. The highest BCUT2D eigenvalue weighted by molar-refractivity contribution is 5.69. The summed E-state index contributed by atoms with van der Waals surface area (Å²) in [7, 11) is 4.85. The molecule has 0 radical (unpaired) electrons. The molecule has 41 heavy (non-hydrogen) atoms. The Bertz CT molecular complexity index is 1280. The number of hydrogen-bond acceptors (Lipinski definition) is 7. The fourth-order valence-corrected chi connectivity index (χ4v) is 6.29. The van der Waals surface area contributed by atoms with Gasteiger partial charge >= 0.3 is 5.97 Å². The van der Waals surface area contributed by atoms with E-state index in [4.69, 9.17) is 18.9 Å². The van der Waals surface area contributed by atoms with Crippen LogP contribution in [0.3, 0.4) is 0 Å². The summed E-state index contributed by atoms with van der Waals surface area (Å²) in [5, 5.41) is 0. The second kappa shape index (κ2) is 13.9. The molecule has 7 nitrogen and oxygen atoms in total. The first-order valence-electron chi connectivity index (χ1n) is 14.6. The zero-order valence-electron chi connectivity index (χ0n) is 24.5. The molecule has 0 saturated carbocycles. The number of methoxy groups -OCH3 is 3. The number of fused-ring (bicyclic) bond motifs is 1. The molecular weight excluding hydrogens is 516 g/mol. The van der Waals surface area contributed by atoms with E-state index in [-0.39, 0.29) is 5.97 Å². The topological polar surface area (TPSA) is 60.5 Å². The minimum absolute atomic E-state index is 0.132.